The van der Waals surface area contributed by atoms with Crippen molar-refractivity contribution in [3.8, 4) is 11.3 Å². The van der Waals surface area contributed by atoms with Gasteiger partial charge in [0.25, 0.3) is 5.91 Å². The first-order chi connectivity index (χ1) is 12.8. The van der Waals surface area contributed by atoms with E-state index in [1.165, 1.54) is 0 Å². The fourth-order valence-electron chi connectivity index (χ4n) is 3.33. The molecular weight excluding hydrogens is 364 g/mol. The van der Waals surface area contributed by atoms with Gasteiger partial charge in [-0.1, -0.05) is 11.6 Å². The number of benzene rings is 1. The summed E-state index contributed by atoms with van der Waals surface area (Å²) in [5.41, 5.74) is 3.78. The van der Waals surface area contributed by atoms with Gasteiger partial charge in [0, 0.05) is 28.9 Å². The van der Waals surface area contributed by atoms with Gasteiger partial charge in [-0.3, -0.25) is 4.79 Å². The van der Waals surface area contributed by atoms with Crippen molar-refractivity contribution in [2.45, 2.75) is 33.4 Å². The summed E-state index contributed by atoms with van der Waals surface area (Å²) in [7, 11) is 1.73. The zero-order valence-electron chi connectivity index (χ0n) is 15.8. The first-order valence-electron chi connectivity index (χ1n) is 8.75. The second-order valence-corrected chi connectivity index (χ2v) is 7.21. The van der Waals surface area contributed by atoms with Crippen molar-refractivity contribution in [2.75, 3.05) is 7.05 Å². The van der Waals surface area contributed by atoms with Gasteiger partial charge < -0.3 is 19.4 Å². The molecule has 142 valence electrons. The van der Waals surface area contributed by atoms with Gasteiger partial charge in [0.2, 0.25) is 0 Å². The Hall–Kier alpha value is -2.50. The molecular formula is C21H23ClN2O3. The summed E-state index contributed by atoms with van der Waals surface area (Å²) in [4.78, 5) is 17.5. The maximum atomic E-state index is 12.8. The quantitative estimate of drug-likeness (QED) is 0.657. The summed E-state index contributed by atoms with van der Waals surface area (Å²) in [6.45, 7) is 5.74. The van der Waals surface area contributed by atoms with E-state index in [-0.39, 0.29) is 5.91 Å². The number of aromatic nitrogens is 1. The van der Waals surface area contributed by atoms with Gasteiger partial charge >= 0.3 is 0 Å². The van der Waals surface area contributed by atoms with E-state index >= 15 is 0 Å². The van der Waals surface area contributed by atoms with Gasteiger partial charge in [0.1, 0.15) is 17.2 Å². The zero-order valence-corrected chi connectivity index (χ0v) is 16.6. The molecule has 1 amide bonds. The Balaban J connectivity index is 1.76. The van der Waals surface area contributed by atoms with Crippen LogP contribution in [0, 0.1) is 13.8 Å². The summed E-state index contributed by atoms with van der Waals surface area (Å²) >= 11 is 5.92. The van der Waals surface area contributed by atoms with Crippen LogP contribution in [0.25, 0.3) is 11.3 Å². The molecule has 27 heavy (non-hydrogen) atoms. The number of nitrogens with zero attached hydrogens (tertiary/aromatic N) is 1. The van der Waals surface area contributed by atoms with E-state index in [9.17, 15) is 9.90 Å². The van der Waals surface area contributed by atoms with E-state index in [4.69, 9.17) is 16.0 Å². The third-order valence-corrected chi connectivity index (χ3v) is 4.91. The molecule has 5 nitrogen and oxygen atoms in total. The summed E-state index contributed by atoms with van der Waals surface area (Å²) in [6, 6.07) is 11.1. The van der Waals surface area contributed by atoms with Crippen molar-refractivity contribution in [2.24, 2.45) is 0 Å². The van der Waals surface area contributed by atoms with E-state index in [0.717, 1.165) is 28.1 Å². The minimum atomic E-state index is -0.625. The number of hydrogen-bond donors (Lipinski definition) is 2. The number of rotatable bonds is 5. The van der Waals surface area contributed by atoms with Crippen LogP contribution in [0.2, 0.25) is 5.02 Å². The SMILES string of the molecule is Cc1[nH]c(C(=O)N(C)Cc2ccc(-c3ccc(Cl)cc3)o2)c(C)c1[C@@H](C)O. The molecule has 0 aliphatic rings. The van der Waals surface area contributed by atoms with Crippen LogP contribution in [-0.4, -0.2) is 27.9 Å². The van der Waals surface area contributed by atoms with Crippen molar-refractivity contribution < 1.29 is 14.3 Å². The Morgan fingerprint density at radius 3 is 2.48 bits per heavy atom. The molecule has 3 rings (SSSR count). The van der Waals surface area contributed by atoms with Gasteiger partial charge in [-0.15, -0.1) is 0 Å². The predicted molar refractivity (Wildman–Crippen MR) is 106 cm³/mol. The van der Waals surface area contributed by atoms with E-state index < -0.39 is 6.10 Å². The van der Waals surface area contributed by atoms with Crippen LogP contribution >= 0.6 is 11.6 Å². The van der Waals surface area contributed by atoms with Gasteiger partial charge in [-0.25, -0.2) is 0 Å². The number of aromatic amines is 1. The highest BCUT2D eigenvalue weighted by Gasteiger charge is 2.23. The molecule has 6 heteroatoms. The summed E-state index contributed by atoms with van der Waals surface area (Å²) in [6.07, 6.45) is -0.625. The number of aliphatic hydroxyl groups excluding tert-OH is 1. The van der Waals surface area contributed by atoms with Gasteiger partial charge in [-0.05, 0) is 62.7 Å². The van der Waals surface area contributed by atoms with Crippen LogP contribution in [0.5, 0.6) is 0 Å². The molecule has 2 N–H and O–H groups in total. The first kappa shape index (κ1) is 19.3. The molecule has 1 atom stereocenters. The Bertz CT molecular complexity index is 954. The Kier molecular flexibility index (Phi) is 5.44. The maximum absolute atomic E-state index is 12.8. The standard InChI is InChI=1S/C21H23ClN2O3/c1-12-19(14(3)25)13(2)23-20(12)21(26)24(4)11-17-9-10-18(27-17)15-5-7-16(22)8-6-15/h5-10,14,23,25H,11H2,1-4H3/t14-/m1/s1. The van der Waals surface area contributed by atoms with Crippen LogP contribution in [0.1, 0.15) is 46.1 Å². The Morgan fingerprint density at radius 1 is 1.22 bits per heavy atom. The molecule has 0 aliphatic heterocycles. The molecule has 0 fully saturated rings. The lowest BCUT2D eigenvalue weighted by atomic mass is 10.1. The Morgan fingerprint density at radius 2 is 1.89 bits per heavy atom. The minimum absolute atomic E-state index is 0.146. The second-order valence-electron chi connectivity index (χ2n) is 6.77. The van der Waals surface area contributed by atoms with Crippen molar-refractivity contribution in [1.82, 2.24) is 9.88 Å². The molecule has 3 aromatic rings. The largest absolute Gasteiger partial charge is 0.459 e. The number of H-pyrrole nitrogens is 1. The normalized spacial score (nSPS) is 12.2. The summed E-state index contributed by atoms with van der Waals surface area (Å²) < 4.78 is 5.88. The topological polar surface area (TPSA) is 69.5 Å². The molecule has 2 heterocycles. The number of nitrogens with one attached hydrogen (secondary N) is 1. The highest BCUT2D eigenvalue weighted by Crippen LogP contribution is 2.27. The third kappa shape index (κ3) is 3.94. The number of amides is 1. The van der Waals surface area contributed by atoms with Crippen molar-refractivity contribution in [3.63, 3.8) is 0 Å². The molecule has 0 radical (unpaired) electrons. The van der Waals surface area contributed by atoms with Gasteiger partial charge in [0.15, 0.2) is 0 Å². The van der Waals surface area contributed by atoms with E-state index in [1.54, 1.807) is 18.9 Å². The minimum Gasteiger partial charge on any atom is -0.459 e. The molecule has 0 aliphatic carbocycles. The van der Waals surface area contributed by atoms with Gasteiger partial charge in [0.05, 0.1) is 12.6 Å². The Labute approximate surface area is 163 Å². The molecule has 0 unspecified atom stereocenters. The average molecular weight is 387 g/mol. The lowest BCUT2D eigenvalue weighted by molar-refractivity contribution is 0.0769. The van der Waals surface area contributed by atoms with Gasteiger partial charge in [-0.2, -0.15) is 0 Å². The van der Waals surface area contributed by atoms with E-state index in [0.29, 0.717) is 23.0 Å². The molecule has 0 saturated heterocycles. The number of carbonyl (C=O) groups is 1. The number of hydrogen-bond acceptors (Lipinski definition) is 3. The summed E-state index contributed by atoms with van der Waals surface area (Å²) in [5, 5.41) is 10.6. The highest BCUT2D eigenvalue weighted by molar-refractivity contribution is 6.30. The number of aryl methyl sites for hydroxylation is 1. The lowest BCUT2D eigenvalue weighted by Gasteiger charge is -2.15. The van der Waals surface area contributed by atoms with Crippen LogP contribution in [-0.2, 0) is 6.54 Å². The number of aliphatic hydroxyl groups is 1. The van der Waals surface area contributed by atoms with Crippen LogP contribution in [0.15, 0.2) is 40.8 Å². The van der Waals surface area contributed by atoms with Crippen molar-refractivity contribution in [3.05, 3.63) is 69.7 Å². The number of halogens is 1. The van der Waals surface area contributed by atoms with E-state index in [1.807, 2.05) is 50.2 Å². The predicted octanol–water partition coefficient (Wildman–Crippen LogP) is 4.87. The van der Waals surface area contributed by atoms with E-state index in [2.05, 4.69) is 4.98 Å². The molecule has 0 saturated carbocycles. The average Bonchev–Trinajstić information content (AvgIpc) is 3.19. The lowest BCUT2D eigenvalue weighted by Crippen LogP contribution is -2.27. The fraction of sp³-hybridized carbons (Fsp3) is 0.286. The highest BCUT2D eigenvalue weighted by atomic mass is 35.5. The maximum Gasteiger partial charge on any atom is 0.270 e. The molecule has 0 bridgehead atoms. The number of furan rings is 1. The molecule has 0 spiro atoms. The smallest absolute Gasteiger partial charge is 0.270 e. The zero-order chi connectivity index (χ0) is 19.7. The number of carbonyl (C=O) groups excluding carboxylic acids is 1. The van der Waals surface area contributed by atoms with Crippen LogP contribution < -0.4 is 0 Å². The van der Waals surface area contributed by atoms with Crippen molar-refractivity contribution in [1.29, 1.82) is 0 Å². The fourth-order valence-corrected chi connectivity index (χ4v) is 3.46. The third-order valence-electron chi connectivity index (χ3n) is 4.66. The second kappa shape index (κ2) is 7.62. The van der Waals surface area contributed by atoms with Crippen LogP contribution in [0.3, 0.4) is 0 Å². The summed E-state index contributed by atoms with van der Waals surface area (Å²) in [5.74, 6) is 1.27. The molecule has 1 aromatic carbocycles. The first-order valence-corrected chi connectivity index (χ1v) is 9.13. The van der Waals surface area contributed by atoms with Crippen molar-refractivity contribution >= 4 is 17.5 Å². The molecule has 2 aromatic heterocycles. The monoisotopic (exact) mass is 386 g/mol. The van der Waals surface area contributed by atoms with Crippen LogP contribution in [0.4, 0.5) is 0 Å².